The lowest BCUT2D eigenvalue weighted by Gasteiger charge is -2.29. The highest BCUT2D eigenvalue weighted by atomic mass is 35.5. The highest BCUT2D eigenvalue weighted by Gasteiger charge is 2.30. The molecule has 1 fully saturated rings. The molecule has 96 valence electrons. The second kappa shape index (κ2) is 4.74. The SMILES string of the molecule is O=C1CC2CCOCCN2c2cc(Cl)cnc2N1. The molecular weight excluding hydrogens is 254 g/mol. The van der Waals surface area contributed by atoms with Crippen LogP contribution in [-0.2, 0) is 9.53 Å². The Bertz CT molecular complexity index is 480. The first-order valence-corrected chi connectivity index (χ1v) is 6.41. The lowest BCUT2D eigenvalue weighted by Crippen LogP contribution is -2.36. The van der Waals surface area contributed by atoms with E-state index in [4.69, 9.17) is 16.3 Å². The monoisotopic (exact) mass is 267 g/mol. The number of amides is 1. The van der Waals surface area contributed by atoms with Crippen LogP contribution in [0.25, 0.3) is 0 Å². The van der Waals surface area contributed by atoms with E-state index in [-0.39, 0.29) is 11.9 Å². The number of carbonyl (C=O) groups is 1. The summed E-state index contributed by atoms with van der Waals surface area (Å²) in [6.45, 7) is 2.11. The van der Waals surface area contributed by atoms with E-state index in [1.54, 1.807) is 6.20 Å². The second-order valence-electron chi connectivity index (χ2n) is 4.52. The number of nitrogens with zero attached hydrogens (tertiary/aromatic N) is 2. The third-order valence-corrected chi connectivity index (χ3v) is 3.54. The van der Waals surface area contributed by atoms with E-state index in [1.165, 1.54) is 0 Å². The van der Waals surface area contributed by atoms with Gasteiger partial charge in [0.05, 0.1) is 17.3 Å². The predicted molar refractivity (Wildman–Crippen MR) is 69.1 cm³/mol. The second-order valence-corrected chi connectivity index (χ2v) is 4.96. The van der Waals surface area contributed by atoms with Gasteiger partial charge < -0.3 is 15.0 Å². The van der Waals surface area contributed by atoms with E-state index in [0.717, 1.165) is 18.7 Å². The minimum atomic E-state index is 0.000437. The van der Waals surface area contributed by atoms with E-state index in [0.29, 0.717) is 30.5 Å². The van der Waals surface area contributed by atoms with Gasteiger partial charge in [-0.1, -0.05) is 11.6 Å². The zero-order chi connectivity index (χ0) is 12.5. The largest absolute Gasteiger partial charge is 0.380 e. The number of hydrogen-bond donors (Lipinski definition) is 1. The van der Waals surface area contributed by atoms with E-state index >= 15 is 0 Å². The molecule has 1 amide bonds. The topological polar surface area (TPSA) is 54.5 Å². The summed E-state index contributed by atoms with van der Waals surface area (Å²) < 4.78 is 5.48. The number of nitrogens with one attached hydrogen (secondary N) is 1. The lowest BCUT2D eigenvalue weighted by molar-refractivity contribution is -0.116. The molecule has 6 heteroatoms. The van der Waals surface area contributed by atoms with E-state index < -0.39 is 0 Å². The van der Waals surface area contributed by atoms with Crippen LogP contribution >= 0.6 is 11.6 Å². The summed E-state index contributed by atoms with van der Waals surface area (Å²) in [6, 6.07) is 2.02. The Balaban J connectivity index is 2.05. The predicted octanol–water partition coefficient (Wildman–Crippen LogP) is 1.67. The molecule has 1 saturated heterocycles. The van der Waals surface area contributed by atoms with Gasteiger partial charge in [0.2, 0.25) is 5.91 Å². The van der Waals surface area contributed by atoms with Gasteiger partial charge in [0.15, 0.2) is 5.82 Å². The van der Waals surface area contributed by atoms with Gasteiger partial charge in [0.25, 0.3) is 0 Å². The van der Waals surface area contributed by atoms with Gasteiger partial charge in [-0.25, -0.2) is 4.98 Å². The summed E-state index contributed by atoms with van der Waals surface area (Å²) in [6.07, 6.45) is 2.87. The molecule has 2 aliphatic rings. The van der Waals surface area contributed by atoms with Gasteiger partial charge in [0, 0.05) is 31.8 Å². The number of pyridine rings is 1. The number of halogens is 1. The maximum Gasteiger partial charge on any atom is 0.227 e. The van der Waals surface area contributed by atoms with Gasteiger partial charge in [-0.15, -0.1) is 0 Å². The minimum absolute atomic E-state index is 0.000437. The van der Waals surface area contributed by atoms with Crippen molar-refractivity contribution >= 4 is 29.0 Å². The summed E-state index contributed by atoms with van der Waals surface area (Å²) in [5.74, 6) is 0.592. The van der Waals surface area contributed by atoms with Crippen LogP contribution in [0.5, 0.6) is 0 Å². The molecule has 0 bridgehead atoms. The third kappa shape index (κ3) is 2.15. The Morgan fingerprint density at radius 3 is 3.28 bits per heavy atom. The van der Waals surface area contributed by atoms with Crippen molar-refractivity contribution in [3.8, 4) is 0 Å². The average molecular weight is 268 g/mol. The normalized spacial score (nSPS) is 23.5. The first-order chi connectivity index (χ1) is 8.74. The smallest absolute Gasteiger partial charge is 0.227 e. The van der Waals surface area contributed by atoms with Crippen molar-refractivity contribution in [3.63, 3.8) is 0 Å². The van der Waals surface area contributed by atoms with Crippen molar-refractivity contribution < 1.29 is 9.53 Å². The Morgan fingerprint density at radius 2 is 2.39 bits per heavy atom. The highest BCUT2D eigenvalue weighted by Crippen LogP contribution is 2.33. The van der Waals surface area contributed by atoms with Crippen molar-refractivity contribution in [3.05, 3.63) is 17.3 Å². The Morgan fingerprint density at radius 1 is 1.50 bits per heavy atom. The van der Waals surface area contributed by atoms with Crippen molar-refractivity contribution in [2.24, 2.45) is 0 Å². The first kappa shape index (κ1) is 11.7. The number of hydrogen-bond acceptors (Lipinski definition) is 4. The summed E-state index contributed by atoms with van der Waals surface area (Å²) in [7, 11) is 0. The summed E-state index contributed by atoms with van der Waals surface area (Å²) in [4.78, 5) is 18.2. The molecule has 1 aromatic heterocycles. The molecule has 1 N–H and O–H groups in total. The molecule has 3 rings (SSSR count). The Kier molecular flexibility index (Phi) is 3.09. The summed E-state index contributed by atoms with van der Waals surface area (Å²) in [5.41, 5.74) is 0.892. The van der Waals surface area contributed by atoms with Crippen LogP contribution in [0.2, 0.25) is 5.02 Å². The number of aromatic nitrogens is 1. The fourth-order valence-electron chi connectivity index (χ4n) is 2.49. The molecule has 0 aromatic carbocycles. The maximum atomic E-state index is 11.8. The van der Waals surface area contributed by atoms with E-state index in [2.05, 4.69) is 15.2 Å². The zero-order valence-corrected chi connectivity index (χ0v) is 10.6. The molecule has 0 aliphatic carbocycles. The van der Waals surface area contributed by atoms with Crippen LogP contribution in [0, 0.1) is 0 Å². The maximum absolute atomic E-state index is 11.8. The van der Waals surface area contributed by atoms with Crippen LogP contribution in [0.4, 0.5) is 11.5 Å². The quantitative estimate of drug-likeness (QED) is 0.777. The molecular formula is C12H14ClN3O2. The zero-order valence-electron chi connectivity index (χ0n) is 9.86. The number of rotatable bonds is 0. The molecule has 0 radical (unpaired) electrons. The molecule has 5 nitrogen and oxygen atoms in total. The number of ether oxygens (including phenoxy) is 1. The lowest BCUT2D eigenvalue weighted by atomic mass is 10.1. The van der Waals surface area contributed by atoms with E-state index in [1.807, 2.05) is 6.07 Å². The third-order valence-electron chi connectivity index (χ3n) is 3.34. The number of carbonyl (C=O) groups excluding carboxylic acids is 1. The average Bonchev–Trinajstić information content (AvgIpc) is 2.62. The van der Waals surface area contributed by atoms with Gasteiger partial charge in [-0.2, -0.15) is 0 Å². The Labute approximate surface area is 110 Å². The van der Waals surface area contributed by atoms with Gasteiger partial charge in [-0.3, -0.25) is 4.79 Å². The standard InChI is InChI=1S/C12H14ClN3O2/c13-8-5-10-12(14-7-8)15-11(17)6-9-1-3-18-4-2-16(9)10/h5,7,9H,1-4,6H2,(H,14,15,17). The van der Waals surface area contributed by atoms with Crippen molar-refractivity contribution in [1.29, 1.82) is 0 Å². The van der Waals surface area contributed by atoms with Crippen LogP contribution < -0.4 is 10.2 Å². The Hall–Kier alpha value is -1.33. The molecule has 2 aliphatic heterocycles. The fourth-order valence-corrected chi connectivity index (χ4v) is 2.65. The van der Waals surface area contributed by atoms with Crippen molar-refractivity contribution in [1.82, 2.24) is 4.98 Å². The molecule has 1 unspecified atom stereocenters. The van der Waals surface area contributed by atoms with Crippen LogP contribution in [0.15, 0.2) is 12.3 Å². The molecule has 0 saturated carbocycles. The van der Waals surface area contributed by atoms with Gasteiger partial charge in [-0.05, 0) is 12.5 Å². The molecule has 1 atom stereocenters. The van der Waals surface area contributed by atoms with Crippen LogP contribution in [0.1, 0.15) is 12.8 Å². The van der Waals surface area contributed by atoms with Gasteiger partial charge >= 0.3 is 0 Å². The minimum Gasteiger partial charge on any atom is -0.380 e. The van der Waals surface area contributed by atoms with Gasteiger partial charge in [0.1, 0.15) is 0 Å². The number of fused-ring (bicyclic) bond motifs is 3. The summed E-state index contributed by atoms with van der Waals surface area (Å²) in [5, 5.41) is 3.41. The van der Waals surface area contributed by atoms with Crippen molar-refractivity contribution in [2.75, 3.05) is 30.0 Å². The molecule has 3 heterocycles. The molecule has 0 spiro atoms. The molecule has 18 heavy (non-hydrogen) atoms. The van der Waals surface area contributed by atoms with E-state index in [9.17, 15) is 4.79 Å². The van der Waals surface area contributed by atoms with Crippen LogP contribution in [-0.4, -0.2) is 36.7 Å². The van der Waals surface area contributed by atoms with Crippen LogP contribution in [0.3, 0.4) is 0 Å². The first-order valence-electron chi connectivity index (χ1n) is 6.04. The fraction of sp³-hybridized carbons (Fsp3) is 0.500. The highest BCUT2D eigenvalue weighted by molar-refractivity contribution is 6.30. The number of anilines is 2. The van der Waals surface area contributed by atoms with Crippen molar-refractivity contribution in [2.45, 2.75) is 18.9 Å². The summed E-state index contributed by atoms with van der Waals surface area (Å²) >= 11 is 6.01. The molecule has 1 aromatic rings.